The fourth-order valence-electron chi connectivity index (χ4n) is 3.62. The number of fused-ring (bicyclic) bond motifs is 1. The van der Waals surface area contributed by atoms with E-state index in [0.717, 1.165) is 45.8 Å². The quantitative estimate of drug-likeness (QED) is 0.621. The van der Waals surface area contributed by atoms with Gasteiger partial charge in [-0.1, -0.05) is 24.3 Å². The predicted molar refractivity (Wildman–Crippen MR) is 114 cm³/mol. The van der Waals surface area contributed by atoms with Gasteiger partial charge in [-0.2, -0.15) is 0 Å². The Bertz CT molecular complexity index is 1030. The Morgan fingerprint density at radius 2 is 1.86 bits per heavy atom. The molecule has 2 aromatic carbocycles. The number of para-hydroxylation sites is 3. The first-order valence-corrected chi connectivity index (χ1v) is 9.97. The number of morpholine rings is 1. The van der Waals surface area contributed by atoms with Crippen molar-refractivity contribution in [3.63, 3.8) is 0 Å². The topological polar surface area (TPSA) is 68.6 Å². The Hall–Kier alpha value is -2.90. The lowest BCUT2D eigenvalue weighted by molar-refractivity contribution is 0.0378. The van der Waals surface area contributed by atoms with E-state index in [-0.39, 0.29) is 5.56 Å². The average Bonchev–Trinajstić information content (AvgIpc) is 2.78. The second-order valence-electron chi connectivity index (χ2n) is 7.00. The Morgan fingerprint density at radius 3 is 2.69 bits per heavy atom. The zero-order valence-electron chi connectivity index (χ0n) is 16.6. The van der Waals surface area contributed by atoms with Crippen LogP contribution < -0.4 is 15.6 Å². The number of ether oxygens (including phenoxy) is 2. The Balaban J connectivity index is 1.63. The van der Waals surface area contributed by atoms with Gasteiger partial charge in [0.25, 0.3) is 5.56 Å². The molecule has 1 saturated heterocycles. The SMILES string of the molecule is COc1ccccc1-n1c(NCCCN2CCOCC2)nc2ccccc2c1=O. The summed E-state index contributed by atoms with van der Waals surface area (Å²) in [7, 11) is 1.60. The summed E-state index contributed by atoms with van der Waals surface area (Å²) >= 11 is 0. The highest BCUT2D eigenvalue weighted by Gasteiger charge is 2.16. The molecule has 0 spiro atoms. The third-order valence-electron chi connectivity index (χ3n) is 5.14. The van der Waals surface area contributed by atoms with Crippen molar-refractivity contribution < 1.29 is 9.47 Å². The van der Waals surface area contributed by atoms with Crippen molar-refractivity contribution in [2.24, 2.45) is 0 Å². The van der Waals surface area contributed by atoms with E-state index in [4.69, 9.17) is 14.5 Å². The maximum atomic E-state index is 13.3. The van der Waals surface area contributed by atoms with Gasteiger partial charge in [-0.15, -0.1) is 0 Å². The summed E-state index contributed by atoms with van der Waals surface area (Å²) in [6, 6.07) is 14.9. The van der Waals surface area contributed by atoms with Crippen LogP contribution in [0.5, 0.6) is 5.75 Å². The van der Waals surface area contributed by atoms with Gasteiger partial charge < -0.3 is 14.8 Å². The van der Waals surface area contributed by atoms with Crippen molar-refractivity contribution in [2.75, 3.05) is 51.8 Å². The number of aromatic nitrogens is 2. The standard InChI is InChI=1S/C22H26N4O3/c1-28-20-10-5-4-9-19(20)26-21(27)17-7-2-3-8-18(17)24-22(26)23-11-6-12-25-13-15-29-16-14-25/h2-5,7-10H,6,11-16H2,1H3,(H,23,24). The summed E-state index contributed by atoms with van der Waals surface area (Å²) in [6.45, 7) is 5.25. The minimum absolute atomic E-state index is 0.115. The van der Waals surface area contributed by atoms with Crippen molar-refractivity contribution in [3.8, 4) is 11.4 Å². The fraction of sp³-hybridized carbons (Fsp3) is 0.364. The molecule has 29 heavy (non-hydrogen) atoms. The van der Waals surface area contributed by atoms with Gasteiger partial charge in [-0.25, -0.2) is 9.55 Å². The molecule has 152 valence electrons. The molecule has 1 N–H and O–H groups in total. The zero-order valence-corrected chi connectivity index (χ0v) is 16.6. The summed E-state index contributed by atoms with van der Waals surface area (Å²) in [6.07, 6.45) is 0.953. The van der Waals surface area contributed by atoms with E-state index < -0.39 is 0 Å². The molecule has 7 heteroatoms. The van der Waals surface area contributed by atoms with E-state index in [1.165, 1.54) is 0 Å². The van der Waals surface area contributed by atoms with Crippen LogP contribution in [-0.4, -0.2) is 61.0 Å². The number of nitrogens with zero attached hydrogens (tertiary/aromatic N) is 3. The molecule has 1 aliphatic heterocycles. The molecule has 2 heterocycles. The first-order chi connectivity index (χ1) is 14.3. The van der Waals surface area contributed by atoms with Crippen molar-refractivity contribution in [3.05, 3.63) is 58.9 Å². The molecule has 0 bridgehead atoms. The molecule has 4 rings (SSSR count). The number of rotatable bonds is 7. The highest BCUT2D eigenvalue weighted by molar-refractivity contribution is 5.79. The maximum absolute atomic E-state index is 13.3. The average molecular weight is 394 g/mol. The fourth-order valence-corrected chi connectivity index (χ4v) is 3.62. The predicted octanol–water partition coefficient (Wildman–Crippen LogP) is 2.53. The third kappa shape index (κ3) is 4.26. The van der Waals surface area contributed by atoms with E-state index in [0.29, 0.717) is 28.3 Å². The molecule has 1 aromatic heterocycles. The third-order valence-corrected chi connectivity index (χ3v) is 5.14. The lowest BCUT2D eigenvalue weighted by Crippen LogP contribution is -2.37. The van der Waals surface area contributed by atoms with Crippen molar-refractivity contribution in [2.45, 2.75) is 6.42 Å². The Morgan fingerprint density at radius 1 is 1.10 bits per heavy atom. The number of methoxy groups -OCH3 is 1. The van der Waals surface area contributed by atoms with E-state index in [1.54, 1.807) is 17.7 Å². The van der Waals surface area contributed by atoms with Gasteiger partial charge in [-0.05, 0) is 37.2 Å². The van der Waals surface area contributed by atoms with Crippen LogP contribution in [0.15, 0.2) is 53.3 Å². The summed E-state index contributed by atoms with van der Waals surface area (Å²) in [4.78, 5) is 20.4. The van der Waals surface area contributed by atoms with Crippen LogP contribution in [0.2, 0.25) is 0 Å². The summed E-state index contributed by atoms with van der Waals surface area (Å²) in [5, 5.41) is 3.95. The highest BCUT2D eigenvalue weighted by Crippen LogP contribution is 2.24. The minimum atomic E-state index is -0.115. The van der Waals surface area contributed by atoms with Crippen molar-refractivity contribution in [1.29, 1.82) is 0 Å². The van der Waals surface area contributed by atoms with Crippen molar-refractivity contribution in [1.82, 2.24) is 14.5 Å². The number of hydrogen-bond donors (Lipinski definition) is 1. The normalized spacial score (nSPS) is 14.8. The summed E-state index contributed by atoms with van der Waals surface area (Å²) in [5.74, 6) is 1.16. The van der Waals surface area contributed by atoms with Crippen LogP contribution in [0.1, 0.15) is 6.42 Å². The van der Waals surface area contributed by atoms with Gasteiger partial charge in [0.15, 0.2) is 0 Å². The number of nitrogens with one attached hydrogen (secondary N) is 1. The van der Waals surface area contributed by atoms with Gasteiger partial charge in [-0.3, -0.25) is 9.69 Å². The molecule has 7 nitrogen and oxygen atoms in total. The van der Waals surface area contributed by atoms with E-state index in [2.05, 4.69) is 10.2 Å². The first kappa shape index (κ1) is 19.4. The molecule has 0 radical (unpaired) electrons. The van der Waals surface area contributed by atoms with Gasteiger partial charge in [0.2, 0.25) is 5.95 Å². The van der Waals surface area contributed by atoms with Gasteiger partial charge in [0, 0.05) is 19.6 Å². The lowest BCUT2D eigenvalue weighted by atomic mass is 10.2. The number of benzene rings is 2. The molecular formula is C22H26N4O3. The monoisotopic (exact) mass is 394 g/mol. The van der Waals surface area contributed by atoms with Crippen LogP contribution in [0, 0.1) is 0 Å². The van der Waals surface area contributed by atoms with E-state index in [1.807, 2.05) is 42.5 Å². The number of anilines is 1. The smallest absolute Gasteiger partial charge is 0.267 e. The largest absolute Gasteiger partial charge is 0.495 e. The molecule has 0 unspecified atom stereocenters. The van der Waals surface area contributed by atoms with Gasteiger partial charge >= 0.3 is 0 Å². The summed E-state index contributed by atoms with van der Waals surface area (Å²) in [5.41, 5.74) is 1.24. The van der Waals surface area contributed by atoms with Gasteiger partial charge in [0.05, 0.1) is 36.9 Å². The second-order valence-corrected chi connectivity index (χ2v) is 7.00. The highest BCUT2D eigenvalue weighted by atomic mass is 16.5. The van der Waals surface area contributed by atoms with Crippen molar-refractivity contribution >= 4 is 16.9 Å². The van der Waals surface area contributed by atoms with Gasteiger partial charge in [0.1, 0.15) is 5.75 Å². The maximum Gasteiger partial charge on any atom is 0.267 e. The number of hydrogen-bond acceptors (Lipinski definition) is 6. The van der Waals surface area contributed by atoms with Crippen LogP contribution in [0.25, 0.3) is 16.6 Å². The molecule has 0 aliphatic carbocycles. The zero-order chi connectivity index (χ0) is 20.1. The molecule has 0 saturated carbocycles. The lowest BCUT2D eigenvalue weighted by Gasteiger charge is -2.26. The minimum Gasteiger partial charge on any atom is -0.495 e. The Labute approximate surface area is 169 Å². The molecule has 1 fully saturated rings. The van der Waals surface area contributed by atoms with E-state index in [9.17, 15) is 4.79 Å². The molecule has 0 atom stereocenters. The molecular weight excluding hydrogens is 368 g/mol. The Kier molecular flexibility index (Phi) is 6.07. The van der Waals surface area contributed by atoms with Crippen LogP contribution >= 0.6 is 0 Å². The van der Waals surface area contributed by atoms with Crippen LogP contribution in [0.4, 0.5) is 5.95 Å². The van der Waals surface area contributed by atoms with Crippen LogP contribution in [0.3, 0.4) is 0 Å². The molecule has 0 amide bonds. The first-order valence-electron chi connectivity index (χ1n) is 9.97. The molecule has 1 aliphatic rings. The molecule has 3 aromatic rings. The second kappa shape index (κ2) is 9.07. The summed E-state index contributed by atoms with van der Waals surface area (Å²) < 4.78 is 12.5. The van der Waals surface area contributed by atoms with Crippen LogP contribution in [-0.2, 0) is 4.74 Å². The van der Waals surface area contributed by atoms with E-state index >= 15 is 0 Å².